The predicted molar refractivity (Wildman–Crippen MR) is 112 cm³/mol. The Hall–Kier alpha value is -3.12. The molecule has 0 N–H and O–H groups in total. The normalized spacial score (nSPS) is 17.9. The Labute approximate surface area is 172 Å². The van der Waals surface area contributed by atoms with Crippen molar-refractivity contribution in [2.24, 2.45) is 0 Å². The molecule has 0 saturated heterocycles. The lowest BCUT2D eigenvalue weighted by Crippen LogP contribution is -2.48. The molecule has 1 atom stereocenters. The van der Waals surface area contributed by atoms with Crippen molar-refractivity contribution in [1.29, 1.82) is 0 Å². The molecule has 1 aromatic heterocycles. The van der Waals surface area contributed by atoms with Crippen LogP contribution < -0.4 is 14.5 Å². The first kappa shape index (κ1) is 17.9. The number of benzene rings is 2. The van der Waals surface area contributed by atoms with Gasteiger partial charge in [0.1, 0.15) is 12.1 Å². The molecule has 5 rings (SSSR count). The molecule has 0 spiro atoms. The second kappa shape index (κ2) is 6.74. The summed E-state index contributed by atoms with van der Waals surface area (Å²) in [7, 11) is 0. The Kier molecular flexibility index (Phi) is 4.17. The Morgan fingerprint density at radius 3 is 2.93 bits per heavy atom. The van der Waals surface area contributed by atoms with E-state index in [-0.39, 0.29) is 31.0 Å². The van der Waals surface area contributed by atoms with Gasteiger partial charge in [0.05, 0.1) is 10.7 Å². The third-order valence-corrected chi connectivity index (χ3v) is 5.79. The van der Waals surface area contributed by atoms with Crippen molar-refractivity contribution in [3.8, 4) is 5.75 Å². The summed E-state index contributed by atoms with van der Waals surface area (Å²) in [4.78, 5) is 33.5. The van der Waals surface area contributed by atoms with E-state index in [4.69, 9.17) is 16.3 Å². The van der Waals surface area contributed by atoms with Crippen LogP contribution in [0.25, 0.3) is 10.9 Å². The van der Waals surface area contributed by atoms with E-state index < -0.39 is 0 Å². The van der Waals surface area contributed by atoms with E-state index in [1.54, 1.807) is 23.2 Å². The number of carbonyl (C=O) groups excluding carboxylic acids is 2. The van der Waals surface area contributed by atoms with E-state index in [2.05, 4.69) is 4.98 Å². The zero-order valence-corrected chi connectivity index (χ0v) is 16.5. The molecule has 0 bridgehead atoms. The SMILES string of the molecule is C[C@H]1Cc2ccccc2N1C(=O)CN1C(=O)COc2c1cc(Cl)c1cccnc21. The number of anilines is 2. The fourth-order valence-electron chi connectivity index (χ4n) is 4.18. The Morgan fingerprint density at radius 2 is 2.07 bits per heavy atom. The van der Waals surface area contributed by atoms with Crippen molar-refractivity contribution < 1.29 is 14.3 Å². The molecule has 0 radical (unpaired) electrons. The van der Waals surface area contributed by atoms with Gasteiger partial charge in [0.2, 0.25) is 5.91 Å². The number of hydrogen-bond acceptors (Lipinski definition) is 4. The van der Waals surface area contributed by atoms with Gasteiger partial charge in [-0.3, -0.25) is 19.5 Å². The average molecular weight is 408 g/mol. The third-order valence-electron chi connectivity index (χ3n) is 5.48. The zero-order chi connectivity index (χ0) is 20.1. The molecule has 0 unspecified atom stereocenters. The summed E-state index contributed by atoms with van der Waals surface area (Å²) in [5.74, 6) is 0.0606. The summed E-state index contributed by atoms with van der Waals surface area (Å²) < 4.78 is 5.68. The summed E-state index contributed by atoms with van der Waals surface area (Å²) in [6, 6.07) is 13.2. The molecule has 2 aliphatic heterocycles. The second-order valence-corrected chi connectivity index (χ2v) is 7.73. The quantitative estimate of drug-likeness (QED) is 0.651. The first-order valence-corrected chi connectivity index (χ1v) is 9.82. The van der Waals surface area contributed by atoms with Crippen LogP contribution in [-0.4, -0.2) is 36.0 Å². The molecule has 7 heteroatoms. The zero-order valence-electron chi connectivity index (χ0n) is 15.8. The first-order chi connectivity index (χ1) is 14.0. The van der Waals surface area contributed by atoms with Crippen molar-refractivity contribution in [1.82, 2.24) is 4.98 Å². The lowest BCUT2D eigenvalue weighted by atomic mass is 10.1. The van der Waals surface area contributed by atoms with Crippen LogP contribution in [0.3, 0.4) is 0 Å². The number of halogens is 1. The number of rotatable bonds is 2. The molecule has 0 saturated carbocycles. The van der Waals surface area contributed by atoms with Gasteiger partial charge in [-0.1, -0.05) is 29.8 Å². The number of nitrogens with zero attached hydrogens (tertiary/aromatic N) is 3. The summed E-state index contributed by atoms with van der Waals surface area (Å²) in [6.45, 7) is 1.80. The predicted octanol–water partition coefficient (Wildman–Crippen LogP) is 3.59. The molecule has 29 heavy (non-hydrogen) atoms. The lowest BCUT2D eigenvalue weighted by Gasteiger charge is -2.32. The maximum absolute atomic E-state index is 13.2. The molecular formula is C22H18ClN3O3. The van der Waals surface area contributed by atoms with E-state index in [0.29, 0.717) is 22.0 Å². The van der Waals surface area contributed by atoms with Gasteiger partial charge in [-0.05, 0) is 43.2 Å². The number of pyridine rings is 1. The van der Waals surface area contributed by atoms with Gasteiger partial charge >= 0.3 is 0 Å². The summed E-state index contributed by atoms with van der Waals surface area (Å²) in [6.07, 6.45) is 2.45. The van der Waals surface area contributed by atoms with E-state index in [1.165, 1.54) is 4.90 Å². The number of ether oxygens (including phenoxy) is 1. The Bertz CT molecular complexity index is 1160. The summed E-state index contributed by atoms with van der Waals surface area (Å²) in [5.41, 5.74) is 3.11. The number of carbonyl (C=O) groups is 2. The average Bonchev–Trinajstić information content (AvgIpc) is 3.06. The minimum Gasteiger partial charge on any atom is -0.479 e. The van der Waals surface area contributed by atoms with E-state index in [1.807, 2.05) is 37.3 Å². The van der Waals surface area contributed by atoms with E-state index >= 15 is 0 Å². The molecule has 2 amide bonds. The molecule has 0 fully saturated rings. The Morgan fingerprint density at radius 1 is 1.24 bits per heavy atom. The van der Waals surface area contributed by atoms with Gasteiger partial charge in [-0.15, -0.1) is 0 Å². The van der Waals surface area contributed by atoms with Gasteiger partial charge in [0.15, 0.2) is 12.4 Å². The molecule has 6 nitrogen and oxygen atoms in total. The number of para-hydroxylation sites is 1. The fourth-order valence-corrected chi connectivity index (χ4v) is 4.44. The standard InChI is InChI=1S/C22H18ClN3O3/c1-13-9-14-5-2-3-7-17(14)26(13)19(27)11-25-18-10-16(23)15-6-4-8-24-21(15)22(18)29-12-20(25)28/h2-8,10,13H,9,11-12H2,1H3/t13-/m0/s1. The van der Waals surface area contributed by atoms with Crippen molar-refractivity contribution in [3.05, 3.63) is 59.2 Å². The third kappa shape index (κ3) is 2.83. The Balaban J connectivity index is 1.53. The van der Waals surface area contributed by atoms with Crippen LogP contribution >= 0.6 is 11.6 Å². The van der Waals surface area contributed by atoms with Gasteiger partial charge in [-0.25, -0.2) is 0 Å². The number of hydrogen-bond donors (Lipinski definition) is 0. The molecular weight excluding hydrogens is 390 g/mol. The van der Waals surface area contributed by atoms with Gasteiger partial charge in [-0.2, -0.15) is 0 Å². The second-order valence-electron chi connectivity index (χ2n) is 7.32. The van der Waals surface area contributed by atoms with Crippen LogP contribution in [0, 0.1) is 0 Å². The number of fused-ring (bicyclic) bond motifs is 4. The van der Waals surface area contributed by atoms with Crippen LogP contribution in [0.2, 0.25) is 5.02 Å². The first-order valence-electron chi connectivity index (χ1n) is 9.45. The highest BCUT2D eigenvalue weighted by Gasteiger charge is 2.35. The molecule has 2 aromatic carbocycles. The molecule has 3 heterocycles. The number of amides is 2. The van der Waals surface area contributed by atoms with Crippen molar-refractivity contribution in [3.63, 3.8) is 0 Å². The maximum atomic E-state index is 13.2. The van der Waals surface area contributed by atoms with Crippen molar-refractivity contribution in [2.45, 2.75) is 19.4 Å². The smallest absolute Gasteiger partial charge is 0.265 e. The topological polar surface area (TPSA) is 62.7 Å². The van der Waals surface area contributed by atoms with Crippen LogP contribution in [0.1, 0.15) is 12.5 Å². The molecule has 0 aliphatic carbocycles. The summed E-state index contributed by atoms with van der Waals surface area (Å²) >= 11 is 6.43. The van der Waals surface area contributed by atoms with E-state index in [0.717, 1.165) is 23.1 Å². The highest BCUT2D eigenvalue weighted by Crippen LogP contribution is 2.42. The minimum absolute atomic E-state index is 0.0392. The van der Waals surface area contributed by atoms with Crippen LogP contribution in [0.5, 0.6) is 5.75 Å². The van der Waals surface area contributed by atoms with Gasteiger partial charge in [0.25, 0.3) is 5.91 Å². The maximum Gasteiger partial charge on any atom is 0.265 e. The van der Waals surface area contributed by atoms with Gasteiger partial charge in [0, 0.05) is 23.3 Å². The van der Waals surface area contributed by atoms with Crippen molar-refractivity contribution >= 4 is 45.7 Å². The minimum atomic E-state index is -0.280. The molecule has 146 valence electrons. The fraction of sp³-hybridized carbons (Fsp3) is 0.227. The summed E-state index contributed by atoms with van der Waals surface area (Å²) in [5, 5.41) is 1.21. The monoisotopic (exact) mass is 407 g/mol. The van der Waals surface area contributed by atoms with Crippen LogP contribution in [-0.2, 0) is 16.0 Å². The van der Waals surface area contributed by atoms with Gasteiger partial charge < -0.3 is 9.64 Å². The molecule has 2 aliphatic rings. The highest BCUT2D eigenvalue weighted by atomic mass is 35.5. The number of aromatic nitrogens is 1. The lowest BCUT2D eigenvalue weighted by molar-refractivity contribution is -0.124. The molecule has 3 aromatic rings. The van der Waals surface area contributed by atoms with Crippen LogP contribution in [0.4, 0.5) is 11.4 Å². The van der Waals surface area contributed by atoms with Crippen molar-refractivity contribution in [2.75, 3.05) is 23.0 Å². The largest absolute Gasteiger partial charge is 0.479 e. The van der Waals surface area contributed by atoms with Crippen LogP contribution in [0.15, 0.2) is 48.7 Å². The van der Waals surface area contributed by atoms with E-state index in [9.17, 15) is 9.59 Å². The highest BCUT2D eigenvalue weighted by molar-refractivity contribution is 6.36.